The standard InChI is InChI=1S/C30H60N2/c1-4-7-9-11-13-14-15-16-17-18-19-20-22-24-27-32-29-28-31(26-6-3)30(32)25-23-21-12-10-8-5-2/h28-30H,4-27H2,1-3H3. The summed E-state index contributed by atoms with van der Waals surface area (Å²) in [5.74, 6) is 0. The van der Waals surface area contributed by atoms with E-state index in [2.05, 4.69) is 43.0 Å². The third-order valence-electron chi connectivity index (χ3n) is 7.28. The number of hydrogen-bond donors (Lipinski definition) is 0. The molecule has 0 fully saturated rings. The zero-order valence-corrected chi connectivity index (χ0v) is 22.6. The fourth-order valence-corrected chi connectivity index (χ4v) is 5.19. The molecule has 0 saturated carbocycles. The zero-order valence-electron chi connectivity index (χ0n) is 22.6. The molecular formula is C30H60N2. The molecule has 1 atom stereocenters. The van der Waals surface area contributed by atoms with Crippen molar-refractivity contribution in [1.29, 1.82) is 0 Å². The van der Waals surface area contributed by atoms with E-state index in [1.165, 1.54) is 154 Å². The van der Waals surface area contributed by atoms with Crippen molar-refractivity contribution in [2.75, 3.05) is 13.1 Å². The average Bonchev–Trinajstić information content (AvgIpc) is 3.18. The lowest BCUT2D eigenvalue weighted by atomic mass is 10.0. The van der Waals surface area contributed by atoms with Gasteiger partial charge in [-0.1, -0.05) is 136 Å². The molecule has 0 aliphatic carbocycles. The van der Waals surface area contributed by atoms with Crippen molar-refractivity contribution in [3.63, 3.8) is 0 Å². The van der Waals surface area contributed by atoms with Crippen LogP contribution in [0.4, 0.5) is 0 Å². The second-order valence-corrected chi connectivity index (χ2v) is 10.4. The predicted molar refractivity (Wildman–Crippen MR) is 145 cm³/mol. The van der Waals surface area contributed by atoms with E-state index in [0.717, 1.165) is 0 Å². The highest BCUT2D eigenvalue weighted by Gasteiger charge is 2.24. The van der Waals surface area contributed by atoms with Gasteiger partial charge in [-0.3, -0.25) is 0 Å². The van der Waals surface area contributed by atoms with Crippen LogP contribution in [0.3, 0.4) is 0 Å². The van der Waals surface area contributed by atoms with Crippen molar-refractivity contribution in [2.24, 2.45) is 0 Å². The van der Waals surface area contributed by atoms with Crippen LogP contribution in [0.15, 0.2) is 12.4 Å². The van der Waals surface area contributed by atoms with E-state index in [4.69, 9.17) is 0 Å². The summed E-state index contributed by atoms with van der Waals surface area (Å²) in [7, 11) is 0. The third kappa shape index (κ3) is 15.2. The Hall–Kier alpha value is -0.660. The maximum absolute atomic E-state index is 2.65. The molecule has 190 valence electrons. The number of hydrogen-bond acceptors (Lipinski definition) is 2. The average molecular weight is 449 g/mol. The molecule has 0 aromatic rings. The Bertz CT molecular complexity index is 406. The number of nitrogens with zero attached hydrogens (tertiary/aromatic N) is 2. The SMILES string of the molecule is CCCCCCCCCCCCCCCCN1C=CN(CCC)C1CCCCCCCC. The fraction of sp³-hybridized carbons (Fsp3) is 0.933. The van der Waals surface area contributed by atoms with Crippen molar-refractivity contribution in [3.05, 3.63) is 12.4 Å². The summed E-state index contributed by atoms with van der Waals surface area (Å²) < 4.78 is 0. The molecule has 1 aliphatic rings. The smallest absolute Gasteiger partial charge is 0.101 e. The van der Waals surface area contributed by atoms with Crippen LogP contribution >= 0.6 is 0 Å². The second-order valence-electron chi connectivity index (χ2n) is 10.4. The molecule has 1 heterocycles. The van der Waals surface area contributed by atoms with E-state index < -0.39 is 0 Å². The summed E-state index contributed by atoms with van der Waals surface area (Å²) in [6.45, 7) is 9.40. The first-order valence-electron chi connectivity index (χ1n) is 15.0. The Labute approximate surface area is 203 Å². The van der Waals surface area contributed by atoms with Crippen LogP contribution in [0, 0.1) is 0 Å². The molecule has 0 bridgehead atoms. The normalized spacial score (nSPS) is 15.9. The first-order valence-corrected chi connectivity index (χ1v) is 15.0. The quantitative estimate of drug-likeness (QED) is 0.135. The Kier molecular flexibility index (Phi) is 20.3. The van der Waals surface area contributed by atoms with Crippen molar-refractivity contribution in [3.8, 4) is 0 Å². The van der Waals surface area contributed by atoms with Crippen LogP contribution in [-0.4, -0.2) is 29.1 Å². The summed E-state index contributed by atoms with van der Waals surface area (Å²) >= 11 is 0. The van der Waals surface area contributed by atoms with Crippen molar-refractivity contribution in [1.82, 2.24) is 9.80 Å². The molecule has 1 aliphatic heterocycles. The molecule has 0 saturated heterocycles. The molecule has 1 rings (SSSR count). The van der Waals surface area contributed by atoms with E-state index in [-0.39, 0.29) is 0 Å². The van der Waals surface area contributed by atoms with Crippen molar-refractivity contribution < 1.29 is 0 Å². The van der Waals surface area contributed by atoms with Crippen molar-refractivity contribution >= 4 is 0 Å². The van der Waals surface area contributed by atoms with Crippen molar-refractivity contribution in [2.45, 2.75) is 168 Å². The molecule has 2 nitrogen and oxygen atoms in total. The zero-order chi connectivity index (χ0) is 23.1. The van der Waals surface area contributed by atoms with Crippen LogP contribution in [-0.2, 0) is 0 Å². The van der Waals surface area contributed by atoms with E-state index in [9.17, 15) is 0 Å². The van der Waals surface area contributed by atoms with Gasteiger partial charge in [0, 0.05) is 25.5 Å². The molecule has 0 aromatic heterocycles. The van der Waals surface area contributed by atoms with Gasteiger partial charge in [0.2, 0.25) is 0 Å². The summed E-state index contributed by atoms with van der Waals surface area (Å²) in [6.07, 6.45) is 36.7. The minimum absolute atomic E-state index is 0.642. The summed E-state index contributed by atoms with van der Waals surface area (Å²) in [5.41, 5.74) is 0. The minimum Gasteiger partial charge on any atom is -0.356 e. The topological polar surface area (TPSA) is 6.48 Å². The van der Waals surface area contributed by atoms with Crippen LogP contribution < -0.4 is 0 Å². The van der Waals surface area contributed by atoms with Gasteiger partial charge >= 0.3 is 0 Å². The maximum Gasteiger partial charge on any atom is 0.101 e. The summed E-state index contributed by atoms with van der Waals surface area (Å²) in [5, 5.41) is 0. The van der Waals surface area contributed by atoms with Gasteiger partial charge in [0.05, 0.1) is 0 Å². The Balaban J connectivity index is 2.02. The highest BCUT2D eigenvalue weighted by Crippen LogP contribution is 2.23. The monoisotopic (exact) mass is 448 g/mol. The molecule has 0 aromatic carbocycles. The maximum atomic E-state index is 2.65. The molecule has 0 amide bonds. The van der Waals surface area contributed by atoms with Gasteiger partial charge in [-0.25, -0.2) is 0 Å². The second kappa shape index (κ2) is 22.1. The van der Waals surface area contributed by atoms with Crippen LogP contribution in [0.2, 0.25) is 0 Å². The Morgan fingerprint density at radius 3 is 1.22 bits per heavy atom. The van der Waals surface area contributed by atoms with Crippen LogP contribution in [0.5, 0.6) is 0 Å². The van der Waals surface area contributed by atoms with E-state index in [0.29, 0.717) is 6.17 Å². The lowest BCUT2D eigenvalue weighted by Gasteiger charge is -2.33. The molecule has 0 spiro atoms. The van der Waals surface area contributed by atoms with E-state index >= 15 is 0 Å². The Morgan fingerprint density at radius 1 is 0.406 bits per heavy atom. The van der Waals surface area contributed by atoms with Gasteiger partial charge in [0.25, 0.3) is 0 Å². The molecule has 32 heavy (non-hydrogen) atoms. The molecule has 1 unspecified atom stereocenters. The Morgan fingerprint density at radius 2 is 0.781 bits per heavy atom. The molecule has 2 heteroatoms. The van der Waals surface area contributed by atoms with Gasteiger partial charge in [-0.2, -0.15) is 0 Å². The lowest BCUT2D eigenvalue weighted by Crippen LogP contribution is -2.39. The molecule has 0 radical (unpaired) electrons. The predicted octanol–water partition coefficient (Wildman–Crippen LogP) is 10.0. The summed E-state index contributed by atoms with van der Waals surface area (Å²) in [4.78, 5) is 5.26. The van der Waals surface area contributed by atoms with Gasteiger partial charge in [0.1, 0.15) is 6.17 Å². The van der Waals surface area contributed by atoms with E-state index in [1.54, 1.807) is 0 Å². The lowest BCUT2D eigenvalue weighted by molar-refractivity contribution is 0.137. The highest BCUT2D eigenvalue weighted by molar-refractivity contribution is 4.96. The third-order valence-corrected chi connectivity index (χ3v) is 7.28. The summed E-state index contributed by atoms with van der Waals surface area (Å²) in [6, 6.07) is 0. The van der Waals surface area contributed by atoms with Crippen LogP contribution in [0.1, 0.15) is 162 Å². The first kappa shape index (κ1) is 29.4. The van der Waals surface area contributed by atoms with Gasteiger partial charge in [0.15, 0.2) is 0 Å². The van der Waals surface area contributed by atoms with Gasteiger partial charge in [-0.05, 0) is 25.7 Å². The molecule has 0 N–H and O–H groups in total. The van der Waals surface area contributed by atoms with E-state index in [1.807, 2.05) is 0 Å². The highest BCUT2D eigenvalue weighted by atomic mass is 15.4. The largest absolute Gasteiger partial charge is 0.356 e. The van der Waals surface area contributed by atoms with Crippen LogP contribution in [0.25, 0.3) is 0 Å². The number of rotatable bonds is 24. The minimum atomic E-state index is 0.642. The van der Waals surface area contributed by atoms with Gasteiger partial charge < -0.3 is 9.80 Å². The fourth-order valence-electron chi connectivity index (χ4n) is 5.19. The molecular weight excluding hydrogens is 388 g/mol. The first-order chi connectivity index (χ1) is 15.8. The number of unbranched alkanes of at least 4 members (excludes halogenated alkanes) is 18. The van der Waals surface area contributed by atoms with Gasteiger partial charge in [-0.15, -0.1) is 0 Å².